The number of nitrogens with zero attached hydrogens (tertiary/aromatic N) is 4. The molecule has 0 bridgehead atoms. The number of hydrogen-bond acceptors (Lipinski definition) is 8. The van der Waals surface area contributed by atoms with Crippen molar-refractivity contribution in [3.05, 3.63) is 40.5 Å². The van der Waals surface area contributed by atoms with Crippen molar-refractivity contribution in [3.8, 4) is 0 Å². The summed E-state index contributed by atoms with van der Waals surface area (Å²) in [6.45, 7) is 0. The smallest absolute Gasteiger partial charge is 0.258 e. The Balaban J connectivity index is 5.13. The van der Waals surface area contributed by atoms with Crippen LogP contribution in [-0.2, 0) is 0 Å². The summed E-state index contributed by atoms with van der Waals surface area (Å²) in [5, 5.41) is 39.8. The standard InChI is InChI=1S/C2H2N4O8/c7-3(8)1(4(9)10)2(5(11)12)6(13)14/h1-2H. The predicted molar refractivity (Wildman–Crippen MR) is 35.6 cm³/mol. The van der Waals surface area contributed by atoms with Crippen LogP contribution in [0.15, 0.2) is 0 Å². The molecule has 0 aromatic rings. The molecule has 0 spiro atoms. The Bertz CT molecular complexity index is 240. The minimum atomic E-state index is -3.08. The maximum Gasteiger partial charge on any atom is 0.583 e. The van der Waals surface area contributed by atoms with E-state index >= 15 is 0 Å². The van der Waals surface area contributed by atoms with Crippen LogP contribution >= 0.6 is 0 Å². The molecule has 12 heteroatoms. The third-order valence-corrected chi connectivity index (χ3v) is 1.13. The van der Waals surface area contributed by atoms with Crippen molar-refractivity contribution in [1.29, 1.82) is 0 Å². The Labute approximate surface area is 73.7 Å². The largest absolute Gasteiger partial charge is 0.583 e. The summed E-state index contributed by atoms with van der Waals surface area (Å²) in [4.78, 5) is 33.0. The first kappa shape index (κ1) is 11.6. The van der Waals surface area contributed by atoms with Crippen molar-refractivity contribution in [1.82, 2.24) is 0 Å². The SMILES string of the molecule is O=[N+]([O-])C(C([N+](=O)[O-])[N+](=O)[O-])[N+](=O)[O-]. The van der Waals surface area contributed by atoms with Crippen molar-refractivity contribution < 1.29 is 19.7 Å². The summed E-state index contributed by atoms with van der Waals surface area (Å²) in [7, 11) is 0. The first-order valence-electron chi connectivity index (χ1n) is 2.83. The van der Waals surface area contributed by atoms with Crippen LogP contribution in [0.2, 0.25) is 0 Å². The molecule has 12 nitrogen and oxygen atoms in total. The van der Waals surface area contributed by atoms with Crippen molar-refractivity contribution in [2.45, 2.75) is 12.3 Å². The quantitative estimate of drug-likeness (QED) is 0.307. The third kappa shape index (κ3) is 2.29. The highest BCUT2D eigenvalue weighted by Crippen LogP contribution is 2.04. The Hall–Kier alpha value is -2.40. The van der Waals surface area contributed by atoms with Crippen LogP contribution < -0.4 is 0 Å². The number of hydrogen-bond donors (Lipinski definition) is 0. The zero-order valence-electron chi connectivity index (χ0n) is 6.21. The molecular formula is C2H2N4O8. The van der Waals surface area contributed by atoms with E-state index in [0.29, 0.717) is 0 Å². The second kappa shape index (κ2) is 4.01. The van der Waals surface area contributed by atoms with E-state index in [9.17, 15) is 40.5 Å². The van der Waals surface area contributed by atoms with Gasteiger partial charge in [0.05, 0.1) is 0 Å². The van der Waals surface area contributed by atoms with E-state index in [1.54, 1.807) is 0 Å². The molecule has 0 saturated heterocycles. The van der Waals surface area contributed by atoms with E-state index in [1.807, 2.05) is 0 Å². The van der Waals surface area contributed by atoms with Crippen LogP contribution in [0, 0.1) is 40.5 Å². The Kier molecular flexibility index (Phi) is 3.33. The van der Waals surface area contributed by atoms with E-state index in [0.717, 1.165) is 0 Å². The van der Waals surface area contributed by atoms with E-state index in [-0.39, 0.29) is 0 Å². The molecule has 0 saturated carbocycles. The van der Waals surface area contributed by atoms with Crippen LogP contribution in [0.5, 0.6) is 0 Å². The molecule has 0 unspecified atom stereocenters. The number of rotatable bonds is 5. The molecule has 0 radical (unpaired) electrons. The molecule has 0 aromatic heterocycles. The lowest BCUT2D eigenvalue weighted by Crippen LogP contribution is -2.49. The highest BCUT2D eigenvalue weighted by molar-refractivity contribution is 4.45. The van der Waals surface area contributed by atoms with Gasteiger partial charge in [0.2, 0.25) is 0 Å². The van der Waals surface area contributed by atoms with Gasteiger partial charge in [0.25, 0.3) is 0 Å². The molecule has 0 atom stereocenters. The minimum absolute atomic E-state index is 1.68. The molecule has 0 aromatic carbocycles. The van der Waals surface area contributed by atoms with Crippen molar-refractivity contribution in [2.75, 3.05) is 0 Å². The fourth-order valence-corrected chi connectivity index (χ4v) is 0.589. The van der Waals surface area contributed by atoms with Crippen LogP contribution in [-0.4, -0.2) is 32.0 Å². The van der Waals surface area contributed by atoms with Gasteiger partial charge >= 0.3 is 12.3 Å². The summed E-state index contributed by atoms with van der Waals surface area (Å²) in [6.07, 6.45) is -6.17. The summed E-state index contributed by atoms with van der Waals surface area (Å²) in [6, 6.07) is 0. The lowest BCUT2D eigenvalue weighted by Gasteiger charge is -2.00. The second-order valence-corrected chi connectivity index (χ2v) is 1.97. The van der Waals surface area contributed by atoms with Gasteiger partial charge in [-0.15, -0.1) is 0 Å². The van der Waals surface area contributed by atoms with Crippen molar-refractivity contribution >= 4 is 0 Å². The highest BCUT2D eigenvalue weighted by atomic mass is 16.7. The molecule has 0 heterocycles. The van der Waals surface area contributed by atoms with Gasteiger partial charge in [-0.1, -0.05) is 0 Å². The molecule has 0 aliphatic heterocycles. The van der Waals surface area contributed by atoms with Gasteiger partial charge in [-0.05, 0) is 0 Å². The Morgan fingerprint density at radius 1 is 0.571 bits per heavy atom. The monoisotopic (exact) mass is 210 g/mol. The third-order valence-electron chi connectivity index (χ3n) is 1.13. The maximum absolute atomic E-state index is 9.95. The van der Waals surface area contributed by atoms with Crippen molar-refractivity contribution in [3.63, 3.8) is 0 Å². The van der Waals surface area contributed by atoms with E-state index in [4.69, 9.17) is 0 Å². The van der Waals surface area contributed by atoms with Crippen LogP contribution in [0.25, 0.3) is 0 Å². The van der Waals surface area contributed by atoms with Gasteiger partial charge in [-0.3, -0.25) is 40.5 Å². The normalized spacial score (nSPS) is 10.1. The van der Waals surface area contributed by atoms with Gasteiger partial charge in [0.1, 0.15) is 19.7 Å². The lowest BCUT2D eigenvalue weighted by atomic mass is 10.4. The van der Waals surface area contributed by atoms with Gasteiger partial charge in [-0.2, -0.15) is 0 Å². The highest BCUT2D eigenvalue weighted by Gasteiger charge is 2.61. The second-order valence-electron chi connectivity index (χ2n) is 1.97. The lowest BCUT2D eigenvalue weighted by molar-refractivity contribution is -0.864. The van der Waals surface area contributed by atoms with Gasteiger partial charge in [0.15, 0.2) is 0 Å². The summed E-state index contributed by atoms with van der Waals surface area (Å²) in [5.74, 6) is 0. The van der Waals surface area contributed by atoms with Crippen LogP contribution in [0.4, 0.5) is 0 Å². The predicted octanol–water partition coefficient (Wildman–Crippen LogP) is -1.25. The summed E-state index contributed by atoms with van der Waals surface area (Å²) >= 11 is 0. The fraction of sp³-hybridized carbons (Fsp3) is 1.00. The first-order chi connectivity index (χ1) is 6.29. The van der Waals surface area contributed by atoms with Gasteiger partial charge < -0.3 is 0 Å². The fourth-order valence-electron chi connectivity index (χ4n) is 0.589. The zero-order chi connectivity index (χ0) is 11.5. The van der Waals surface area contributed by atoms with E-state index < -0.39 is 32.0 Å². The van der Waals surface area contributed by atoms with Gasteiger partial charge in [0, 0.05) is 0 Å². The molecule has 78 valence electrons. The van der Waals surface area contributed by atoms with Gasteiger partial charge in [-0.25, -0.2) is 0 Å². The average Bonchev–Trinajstić information content (AvgIpc) is 1.96. The molecule has 14 heavy (non-hydrogen) atoms. The van der Waals surface area contributed by atoms with Crippen LogP contribution in [0.1, 0.15) is 0 Å². The molecule has 0 rings (SSSR count). The van der Waals surface area contributed by atoms with Crippen LogP contribution in [0.3, 0.4) is 0 Å². The zero-order valence-corrected chi connectivity index (χ0v) is 6.21. The van der Waals surface area contributed by atoms with Crippen molar-refractivity contribution in [2.24, 2.45) is 0 Å². The molecule has 0 fully saturated rings. The minimum Gasteiger partial charge on any atom is -0.258 e. The molecule has 0 aliphatic rings. The maximum atomic E-state index is 9.95. The molecule has 0 aliphatic carbocycles. The average molecular weight is 210 g/mol. The topological polar surface area (TPSA) is 173 Å². The molecular weight excluding hydrogens is 208 g/mol. The first-order valence-corrected chi connectivity index (χ1v) is 2.83. The summed E-state index contributed by atoms with van der Waals surface area (Å²) < 4.78 is 0. The van der Waals surface area contributed by atoms with E-state index in [2.05, 4.69) is 0 Å². The Morgan fingerprint density at radius 3 is 0.786 bits per heavy atom. The number of nitro groups is 4. The van der Waals surface area contributed by atoms with E-state index in [1.165, 1.54) is 0 Å². The molecule has 0 amide bonds. The summed E-state index contributed by atoms with van der Waals surface area (Å²) in [5.41, 5.74) is 0. The Morgan fingerprint density at radius 2 is 0.714 bits per heavy atom. The molecule has 0 N–H and O–H groups in total.